The summed E-state index contributed by atoms with van der Waals surface area (Å²) >= 11 is 1.34. The number of hydrogen-bond acceptors (Lipinski definition) is 4. The zero-order valence-electron chi connectivity index (χ0n) is 8.75. The minimum absolute atomic E-state index is 0.0987. The van der Waals surface area contributed by atoms with E-state index in [-0.39, 0.29) is 5.75 Å². The molecule has 2 heterocycles. The van der Waals surface area contributed by atoms with Gasteiger partial charge in [-0.1, -0.05) is 0 Å². The van der Waals surface area contributed by atoms with Gasteiger partial charge >= 0.3 is 5.97 Å². The van der Waals surface area contributed by atoms with Crippen LogP contribution in [0.4, 0.5) is 0 Å². The number of carbonyl (C=O) groups is 1. The summed E-state index contributed by atoms with van der Waals surface area (Å²) < 4.78 is 1.96. The number of aromatic nitrogens is 3. The number of hydrogen-bond donors (Lipinski definition) is 1. The highest BCUT2D eigenvalue weighted by molar-refractivity contribution is 7.99. The molecule has 2 aromatic rings. The second-order valence-electron chi connectivity index (χ2n) is 3.34. The number of aliphatic carboxylic acids is 1. The second-order valence-corrected chi connectivity index (χ2v) is 4.32. The zero-order chi connectivity index (χ0) is 11.5. The Bertz CT molecular complexity index is 524. The molecule has 16 heavy (non-hydrogen) atoms. The van der Waals surface area contributed by atoms with Gasteiger partial charge in [-0.3, -0.25) is 9.78 Å². The van der Waals surface area contributed by atoms with Crippen LogP contribution in [0.1, 0.15) is 5.82 Å². The van der Waals surface area contributed by atoms with Gasteiger partial charge in [-0.2, -0.15) is 0 Å². The summed E-state index contributed by atoms with van der Waals surface area (Å²) in [5, 5.41) is 8.54. The smallest absolute Gasteiger partial charge is 0.313 e. The monoisotopic (exact) mass is 237 g/mol. The van der Waals surface area contributed by atoms with Crippen LogP contribution in [0.5, 0.6) is 0 Å². The van der Waals surface area contributed by atoms with Crippen LogP contribution in [0, 0.1) is 0 Å². The maximum atomic E-state index is 10.4. The van der Waals surface area contributed by atoms with Gasteiger partial charge in [-0.15, -0.1) is 11.8 Å². The van der Waals surface area contributed by atoms with Gasteiger partial charge < -0.3 is 9.67 Å². The molecule has 0 aliphatic rings. The highest BCUT2D eigenvalue weighted by Crippen LogP contribution is 2.17. The molecule has 0 bridgehead atoms. The number of aryl methyl sites for hydroxylation is 1. The molecule has 0 unspecified atom stereocenters. The molecule has 0 saturated heterocycles. The average molecular weight is 237 g/mol. The summed E-state index contributed by atoms with van der Waals surface area (Å²) in [6.07, 6.45) is 3.43. The maximum Gasteiger partial charge on any atom is 0.313 e. The lowest BCUT2D eigenvalue weighted by Crippen LogP contribution is -2.01. The molecule has 0 aliphatic heterocycles. The topological polar surface area (TPSA) is 68.0 Å². The first-order valence-corrected chi connectivity index (χ1v) is 5.89. The normalized spacial score (nSPS) is 10.8. The summed E-state index contributed by atoms with van der Waals surface area (Å²) in [7, 11) is 1.92. The molecule has 0 saturated carbocycles. The van der Waals surface area contributed by atoms with Crippen molar-refractivity contribution in [2.24, 2.45) is 7.05 Å². The Hall–Kier alpha value is -1.56. The van der Waals surface area contributed by atoms with E-state index in [9.17, 15) is 4.79 Å². The minimum Gasteiger partial charge on any atom is -0.481 e. The number of pyridine rings is 1. The van der Waals surface area contributed by atoms with Crippen molar-refractivity contribution < 1.29 is 9.90 Å². The Kier molecular flexibility index (Phi) is 3.09. The standard InChI is InChI=1S/C10H11N3O2S/c1-13-8-2-3-11-4-7(8)12-9(13)5-16-6-10(14)15/h2-4H,5-6H2,1H3,(H,14,15). The van der Waals surface area contributed by atoms with E-state index in [4.69, 9.17) is 5.11 Å². The van der Waals surface area contributed by atoms with Crippen molar-refractivity contribution in [2.45, 2.75) is 5.75 Å². The summed E-state index contributed by atoms with van der Waals surface area (Å²) in [5.41, 5.74) is 1.86. The molecule has 0 aromatic carbocycles. The quantitative estimate of drug-likeness (QED) is 0.867. The van der Waals surface area contributed by atoms with Crippen molar-refractivity contribution in [2.75, 3.05) is 5.75 Å². The van der Waals surface area contributed by atoms with Gasteiger partial charge in [0, 0.05) is 13.2 Å². The lowest BCUT2D eigenvalue weighted by molar-refractivity contribution is -0.133. The van der Waals surface area contributed by atoms with E-state index in [1.807, 2.05) is 17.7 Å². The van der Waals surface area contributed by atoms with Crippen molar-refractivity contribution in [1.82, 2.24) is 14.5 Å². The van der Waals surface area contributed by atoms with Crippen molar-refractivity contribution in [3.63, 3.8) is 0 Å². The first-order chi connectivity index (χ1) is 7.68. The van der Waals surface area contributed by atoms with E-state index in [0.29, 0.717) is 5.75 Å². The Labute approximate surface area is 96.5 Å². The fourth-order valence-electron chi connectivity index (χ4n) is 1.46. The van der Waals surface area contributed by atoms with Crippen LogP contribution in [0.3, 0.4) is 0 Å². The van der Waals surface area contributed by atoms with Gasteiger partial charge in [0.1, 0.15) is 11.3 Å². The predicted octanol–water partition coefficient (Wildman–Crippen LogP) is 1.29. The van der Waals surface area contributed by atoms with Gasteiger partial charge in [0.2, 0.25) is 0 Å². The molecule has 0 aliphatic carbocycles. The largest absolute Gasteiger partial charge is 0.481 e. The van der Waals surface area contributed by atoms with E-state index in [1.165, 1.54) is 11.8 Å². The van der Waals surface area contributed by atoms with E-state index in [0.717, 1.165) is 16.9 Å². The molecule has 0 fully saturated rings. The molecule has 0 amide bonds. The minimum atomic E-state index is -0.801. The van der Waals surface area contributed by atoms with Crippen LogP contribution in [-0.2, 0) is 17.6 Å². The molecule has 84 valence electrons. The van der Waals surface area contributed by atoms with Crippen molar-refractivity contribution in [1.29, 1.82) is 0 Å². The number of imidazole rings is 1. The SMILES string of the molecule is Cn1c(CSCC(=O)O)nc2cnccc21. The third-order valence-corrected chi connectivity index (χ3v) is 3.15. The maximum absolute atomic E-state index is 10.4. The summed E-state index contributed by atoms with van der Waals surface area (Å²) in [6, 6.07) is 1.90. The summed E-state index contributed by atoms with van der Waals surface area (Å²) in [6.45, 7) is 0. The third-order valence-electron chi connectivity index (χ3n) is 2.23. The fourth-order valence-corrected chi connectivity index (χ4v) is 2.18. The van der Waals surface area contributed by atoms with Gasteiger partial charge in [0.25, 0.3) is 0 Å². The number of nitrogens with zero attached hydrogens (tertiary/aromatic N) is 3. The average Bonchev–Trinajstić information content (AvgIpc) is 2.56. The van der Waals surface area contributed by atoms with Crippen molar-refractivity contribution in [3.8, 4) is 0 Å². The highest BCUT2D eigenvalue weighted by Gasteiger charge is 2.07. The third kappa shape index (κ3) is 2.16. The number of rotatable bonds is 4. The Morgan fingerprint density at radius 1 is 1.62 bits per heavy atom. The molecular formula is C10H11N3O2S. The zero-order valence-corrected chi connectivity index (χ0v) is 9.57. The van der Waals surface area contributed by atoms with Gasteiger partial charge in [-0.25, -0.2) is 4.98 Å². The lowest BCUT2D eigenvalue weighted by Gasteiger charge is -2.00. The molecule has 2 rings (SSSR count). The Morgan fingerprint density at radius 3 is 3.12 bits per heavy atom. The molecular weight excluding hydrogens is 226 g/mol. The second kappa shape index (κ2) is 4.52. The molecule has 0 radical (unpaired) electrons. The van der Waals surface area contributed by atoms with Crippen LogP contribution < -0.4 is 0 Å². The predicted molar refractivity (Wildman–Crippen MR) is 62.3 cm³/mol. The van der Waals surface area contributed by atoms with E-state index >= 15 is 0 Å². The van der Waals surface area contributed by atoms with Crippen LogP contribution in [0.2, 0.25) is 0 Å². The molecule has 0 spiro atoms. The number of thioether (sulfide) groups is 1. The molecule has 5 nitrogen and oxygen atoms in total. The number of carboxylic acid groups (broad SMARTS) is 1. The molecule has 6 heteroatoms. The van der Waals surface area contributed by atoms with Crippen LogP contribution in [0.15, 0.2) is 18.5 Å². The molecule has 0 atom stereocenters. The fraction of sp³-hybridized carbons (Fsp3) is 0.300. The first kappa shape index (κ1) is 10.9. The Balaban J connectivity index is 2.18. The first-order valence-electron chi connectivity index (χ1n) is 4.73. The summed E-state index contributed by atoms with van der Waals surface area (Å²) in [4.78, 5) is 18.8. The van der Waals surface area contributed by atoms with Crippen molar-refractivity contribution in [3.05, 3.63) is 24.3 Å². The van der Waals surface area contributed by atoms with E-state index in [2.05, 4.69) is 9.97 Å². The lowest BCUT2D eigenvalue weighted by atomic mass is 10.4. The van der Waals surface area contributed by atoms with E-state index < -0.39 is 5.97 Å². The van der Waals surface area contributed by atoms with Gasteiger partial charge in [-0.05, 0) is 6.07 Å². The van der Waals surface area contributed by atoms with Gasteiger partial charge in [0.15, 0.2) is 0 Å². The van der Waals surface area contributed by atoms with Crippen LogP contribution >= 0.6 is 11.8 Å². The summed E-state index contributed by atoms with van der Waals surface area (Å²) in [5.74, 6) is 0.763. The number of fused-ring (bicyclic) bond motifs is 1. The van der Waals surface area contributed by atoms with Crippen molar-refractivity contribution >= 4 is 28.8 Å². The molecule has 1 N–H and O–H groups in total. The highest BCUT2D eigenvalue weighted by atomic mass is 32.2. The van der Waals surface area contributed by atoms with Crippen LogP contribution in [-0.4, -0.2) is 31.4 Å². The molecule has 2 aromatic heterocycles. The van der Waals surface area contributed by atoms with Crippen LogP contribution in [0.25, 0.3) is 11.0 Å². The Morgan fingerprint density at radius 2 is 2.44 bits per heavy atom. The van der Waals surface area contributed by atoms with Gasteiger partial charge in [0.05, 0.1) is 23.2 Å². The van der Waals surface area contributed by atoms with E-state index in [1.54, 1.807) is 12.4 Å². The number of carboxylic acids is 1.